The number of phenols is 1. The zero-order valence-corrected chi connectivity index (χ0v) is 38.1. The summed E-state index contributed by atoms with van der Waals surface area (Å²) in [5.41, 5.74) is -0.655. The van der Waals surface area contributed by atoms with Crippen molar-refractivity contribution in [1.82, 2.24) is 33.5 Å². The molecule has 68 heavy (non-hydrogen) atoms. The van der Waals surface area contributed by atoms with Crippen LogP contribution in [0.4, 0.5) is 19.0 Å². The van der Waals surface area contributed by atoms with Gasteiger partial charge in [0.05, 0.1) is 74.0 Å². The topological polar surface area (TPSA) is 203 Å². The van der Waals surface area contributed by atoms with Gasteiger partial charge in [0, 0.05) is 49.3 Å². The number of alkyl halides is 3. The number of hydrogen-bond acceptors (Lipinski definition) is 13. The molecule has 2 fully saturated rings. The third-order valence-corrected chi connectivity index (χ3v) is 13.5. The van der Waals surface area contributed by atoms with Gasteiger partial charge in [0.25, 0.3) is 17.4 Å². The van der Waals surface area contributed by atoms with Crippen LogP contribution in [0.3, 0.4) is 0 Å². The number of ether oxygens (including phenoxy) is 4. The first-order valence-corrected chi connectivity index (χ1v) is 21.5. The van der Waals surface area contributed by atoms with E-state index in [1.54, 1.807) is 37.4 Å². The van der Waals surface area contributed by atoms with Gasteiger partial charge in [-0.25, -0.2) is 33.5 Å². The van der Waals surface area contributed by atoms with Gasteiger partial charge >= 0.3 is 17.6 Å². The molecule has 5 heterocycles. The van der Waals surface area contributed by atoms with Crippen LogP contribution in [0.2, 0.25) is 10.0 Å². The SMILES string of the molecule is COc1cc2nc(CCn3c(=O)n4n(c3=O)C3CC5C(=O)N(Nc6ncc(C(F)(F)F)cc6Cl)C(=O)C5(c5ccc(Cl)cc5)C(c5cc(OC)c(O)c(OC)c5)C3=CC4)c(=O)n(C)c2cc1OC. The molecule has 0 bridgehead atoms. The van der Waals surface area contributed by atoms with Crippen LogP contribution in [0.1, 0.15) is 40.8 Å². The number of hydrogen-bond donors (Lipinski definition) is 2. The average molecular weight is 980 g/mol. The van der Waals surface area contributed by atoms with Gasteiger partial charge in [-0.05, 0) is 53.5 Å². The van der Waals surface area contributed by atoms with E-state index < -0.39 is 74.6 Å². The number of allylic oxidation sites excluding steroid dienone is 2. The minimum absolute atomic E-state index is 0.0532. The second-order valence-electron chi connectivity index (χ2n) is 16.2. The van der Waals surface area contributed by atoms with E-state index in [-0.39, 0.29) is 65.0 Å². The number of fused-ring (bicyclic) bond motifs is 5. The van der Waals surface area contributed by atoms with Crippen molar-refractivity contribution in [2.75, 3.05) is 33.9 Å². The second kappa shape index (κ2) is 16.8. The third kappa shape index (κ3) is 6.96. The molecule has 9 rings (SSSR count). The van der Waals surface area contributed by atoms with E-state index in [1.165, 1.54) is 66.6 Å². The number of nitrogens with one attached hydrogen (secondary N) is 1. The number of aromatic nitrogens is 6. The lowest BCUT2D eigenvalue weighted by atomic mass is 9.53. The maximum absolute atomic E-state index is 15.6. The Balaban J connectivity index is 1.20. The van der Waals surface area contributed by atoms with Gasteiger partial charge in [-0.1, -0.05) is 41.4 Å². The smallest absolute Gasteiger partial charge is 0.417 e. The number of carbonyl (C=O) groups is 2. The highest BCUT2D eigenvalue weighted by molar-refractivity contribution is 6.33. The van der Waals surface area contributed by atoms with Gasteiger partial charge in [-0.3, -0.25) is 19.8 Å². The largest absolute Gasteiger partial charge is 0.502 e. The highest BCUT2D eigenvalue weighted by Crippen LogP contribution is 2.63. The normalized spacial score (nSPS) is 19.9. The zero-order valence-electron chi connectivity index (χ0n) is 36.6. The molecule has 4 unspecified atom stereocenters. The lowest BCUT2D eigenvalue weighted by Crippen LogP contribution is -2.53. The van der Waals surface area contributed by atoms with Gasteiger partial charge < -0.3 is 28.6 Å². The number of pyridine rings is 1. The predicted octanol–water partition coefficient (Wildman–Crippen LogP) is 5.38. The Kier molecular flexibility index (Phi) is 11.3. The first-order valence-electron chi connectivity index (χ1n) is 20.7. The van der Waals surface area contributed by atoms with Gasteiger partial charge in [0.15, 0.2) is 28.8 Å². The molecule has 3 aliphatic rings. The number of carbonyl (C=O) groups excluding carboxylic acids is 2. The van der Waals surface area contributed by atoms with E-state index in [0.717, 1.165) is 4.57 Å². The number of amides is 2. The van der Waals surface area contributed by atoms with Crippen molar-refractivity contribution in [3.8, 4) is 28.7 Å². The van der Waals surface area contributed by atoms with Gasteiger partial charge in [0.2, 0.25) is 5.75 Å². The Morgan fingerprint density at radius 2 is 1.53 bits per heavy atom. The monoisotopic (exact) mass is 978 g/mol. The lowest BCUT2D eigenvalue weighted by molar-refractivity contribution is -0.139. The molecule has 2 aliphatic heterocycles. The molecule has 354 valence electrons. The van der Waals surface area contributed by atoms with Crippen LogP contribution in [0.15, 0.2) is 86.8 Å². The maximum Gasteiger partial charge on any atom is 0.417 e. The Morgan fingerprint density at radius 3 is 2.15 bits per heavy atom. The molecule has 0 radical (unpaired) electrons. The van der Waals surface area contributed by atoms with E-state index in [4.69, 9.17) is 42.1 Å². The highest BCUT2D eigenvalue weighted by Gasteiger charge is 2.69. The Labute approximate surface area is 392 Å². The molecule has 2 N–H and O–H groups in total. The number of methoxy groups -OCH3 is 4. The van der Waals surface area contributed by atoms with Crippen molar-refractivity contribution < 1.29 is 46.8 Å². The number of anilines is 1. The highest BCUT2D eigenvalue weighted by atomic mass is 35.5. The number of aromatic hydroxyl groups is 1. The van der Waals surface area contributed by atoms with Crippen LogP contribution in [0.25, 0.3) is 11.0 Å². The van der Waals surface area contributed by atoms with Crippen LogP contribution < -0.4 is 41.3 Å². The Morgan fingerprint density at radius 1 is 0.882 bits per heavy atom. The molecule has 1 aliphatic carbocycles. The summed E-state index contributed by atoms with van der Waals surface area (Å²) in [6, 6.07) is 11.8. The van der Waals surface area contributed by atoms with Crippen molar-refractivity contribution in [2.24, 2.45) is 13.0 Å². The van der Waals surface area contributed by atoms with E-state index in [9.17, 15) is 32.7 Å². The summed E-state index contributed by atoms with van der Waals surface area (Å²) in [6.07, 6.45) is -3.04. The molecule has 23 heteroatoms. The summed E-state index contributed by atoms with van der Waals surface area (Å²) < 4.78 is 67.6. The number of hydrazine groups is 1. The van der Waals surface area contributed by atoms with Crippen LogP contribution in [0.5, 0.6) is 28.7 Å². The van der Waals surface area contributed by atoms with Crippen molar-refractivity contribution in [3.63, 3.8) is 0 Å². The third-order valence-electron chi connectivity index (χ3n) is 13.0. The fraction of sp³-hybridized carbons (Fsp3) is 0.311. The fourth-order valence-electron chi connectivity index (χ4n) is 9.83. The predicted molar refractivity (Wildman–Crippen MR) is 239 cm³/mol. The van der Waals surface area contributed by atoms with E-state index in [2.05, 4.69) is 15.4 Å². The van der Waals surface area contributed by atoms with Gasteiger partial charge in [-0.15, -0.1) is 0 Å². The number of phenolic OH excluding ortho intramolecular Hbond substituents is 1. The molecule has 1 saturated heterocycles. The molecule has 0 spiro atoms. The fourth-order valence-corrected chi connectivity index (χ4v) is 10.2. The van der Waals surface area contributed by atoms with Crippen molar-refractivity contribution in [1.29, 1.82) is 0 Å². The van der Waals surface area contributed by atoms with Crippen molar-refractivity contribution >= 4 is 51.9 Å². The van der Waals surface area contributed by atoms with Crippen LogP contribution in [-0.4, -0.2) is 78.8 Å². The van der Waals surface area contributed by atoms with Gasteiger partial charge in [-0.2, -0.15) is 18.2 Å². The summed E-state index contributed by atoms with van der Waals surface area (Å²) >= 11 is 12.7. The number of aryl methyl sites for hydroxylation is 2. The average Bonchev–Trinajstić information content (AvgIpc) is 3.69. The molecule has 3 aromatic heterocycles. The number of rotatable bonds is 11. The number of imide groups is 1. The molecule has 18 nitrogen and oxygen atoms in total. The second-order valence-corrected chi connectivity index (χ2v) is 17.1. The number of halogens is 5. The Hall–Kier alpha value is -7.26. The molecule has 2 amide bonds. The summed E-state index contributed by atoms with van der Waals surface area (Å²) in [4.78, 5) is 81.7. The standard InChI is InChI=1S/C45H39Cl2F3N8O10/c1-54-31-19-33(66-3)32(65-2)18-29(31)52-28(40(54)61)11-12-55-42(63)56-13-10-25-30(58(56)43(55)64)17-26-39(60)57(53-38-27(47)16-23(20-51-38)45(48,49)50)41(62)44(26,22-6-8-24(46)9-7-22)36(25)21-14-34(67-4)37(59)35(15-21)68-5/h6-10,14-16,18-20,26,30,36,59H,11-13,17H2,1-5H3,(H,51,53). The van der Waals surface area contributed by atoms with E-state index >= 15 is 9.59 Å². The van der Waals surface area contributed by atoms with E-state index in [0.29, 0.717) is 45.4 Å². The number of benzene rings is 3. The van der Waals surface area contributed by atoms with Gasteiger partial charge in [0.1, 0.15) is 5.69 Å². The molecular weight excluding hydrogens is 940 g/mol. The molecule has 1 saturated carbocycles. The summed E-state index contributed by atoms with van der Waals surface area (Å²) in [6.45, 7) is -0.471. The van der Waals surface area contributed by atoms with E-state index in [1.807, 2.05) is 0 Å². The minimum atomic E-state index is -4.81. The molecule has 4 atom stereocenters. The van der Waals surface area contributed by atoms with Crippen molar-refractivity contribution in [3.05, 3.63) is 136 Å². The quantitative estimate of drug-likeness (QED) is 0.124. The van der Waals surface area contributed by atoms with Crippen molar-refractivity contribution in [2.45, 2.75) is 49.5 Å². The minimum Gasteiger partial charge on any atom is -0.502 e. The number of nitrogens with zero attached hydrogens (tertiary/aromatic N) is 7. The van der Waals surface area contributed by atoms with Crippen LogP contribution >= 0.6 is 23.2 Å². The summed E-state index contributed by atoms with van der Waals surface area (Å²) in [5, 5.41) is 11.5. The zero-order chi connectivity index (χ0) is 48.7. The molecule has 3 aromatic carbocycles. The summed E-state index contributed by atoms with van der Waals surface area (Å²) in [7, 11) is 7.06. The first-order chi connectivity index (χ1) is 32.4. The first kappa shape index (κ1) is 45.9. The molecule has 6 aromatic rings. The molecular formula is C45H39Cl2F3N8O10. The van der Waals surface area contributed by atoms with Crippen LogP contribution in [0, 0.1) is 5.92 Å². The lowest BCUT2D eigenvalue weighted by Gasteiger charge is -2.49. The maximum atomic E-state index is 15.6. The summed E-state index contributed by atoms with van der Waals surface area (Å²) in [5.74, 6) is -4.56. The Bertz CT molecular complexity index is 3290. The van der Waals surface area contributed by atoms with Crippen LogP contribution in [-0.2, 0) is 47.7 Å².